The van der Waals surface area contributed by atoms with Crippen LogP contribution in [0.3, 0.4) is 0 Å². The van der Waals surface area contributed by atoms with Crippen LogP contribution in [0.5, 0.6) is 0 Å². The summed E-state index contributed by atoms with van der Waals surface area (Å²) in [7, 11) is 0. The summed E-state index contributed by atoms with van der Waals surface area (Å²) >= 11 is 0. The van der Waals surface area contributed by atoms with Crippen molar-refractivity contribution in [3.05, 3.63) is 17.5 Å². The van der Waals surface area contributed by atoms with Crippen molar-refractivity contribution in [2.24, 2.45) is 5.41 Å². The van der Waals surface area contributed by atoms with E-state index in [0.29, 0.717) is 6.61 Å². The zero-order chi connectivity index (χ0) is 17.4. The lowest BCUT2D eigenvalue weighted by Crippen LogP contribution is -2.76. The number of ether oxygens (including phenoxy) is 1. The predicted octanol–water partition coefficient (Wildman–Crippen LogP) is 1.92. The number of nitrogens with one attached hydrogen (secondary N) is 2. The minimum Gasteiger partial charge on any atom is -0.479 e. The van der Waals surface area contributed by atoms with Gasteiger partial charge in [0.25, 0.3) is 5.91 Å². The highest BCUT2D eigenvalue weighted by Gasteiger charge is 2.66. The standard InChI is InChI=1S/C16H25N3O4/c1-6-23-12-8-16(14(21)22,15(12,4)5)17-13(20)11-7-10(9(2)3)18-19-11/h7,9,12H,6,8H2,1-5H3,(H,17,20)(H,18,19)(H,21,22). The van der Waals surface area contributed by atoms with Crippen LogP contribution in [-0.2, 0) is 9.53 Å². The quantitative estimate of drug-likeness (QED) is 0.742. The lowest BCUT2D eigenvalue weighted by molar-refractivity contribution is -0.190. The molecular weight excluding hydrogens is 298 g/mol. The minimum atomic E-state index is -1.35. The highest BCUT2D eigenvalue weighted by Crippen LogP contribution is 2.51. The number of amides is 1. The van der Waals surface area contributed by atoms with Crippen molar-refractivity contribution in [1.29, 1.82) is 0 Å². The first-order valence-corrected chi connectivity index (χ1v) is 7.88. The zero-order valence-corrected chi connectivity index (χ0v) is 14.3. The molecule has 1 aromatic rings. The second-order valence-electron chi connectivity index (χ2n) is 6.90. The van der Waals surface area contributed by atoms with Gasteiger partial charge in [-0.05, 0) is 18.9 Å². The van der Waals surface area contributed by atoms with E-state index in [9.17, 15) is 14.7 Å². The maximum absolute atomic E-state index is 12.4. The molecule has 2 atom stereocenters. The molecule has 2 unspecified atom stereocenters. The molecule has 0 radical (unpaired) electrons. The van der Waals surface area contributed by atoms with Crippen LogP contribution >= 0.6 is 0 Å². The van der Waals surface area contributed by atoms with Crippen molar-refractivity contribution < 1.29 is 19.4 Å². The molecule has 1 amide bonds. The van der Waals surface area contributed by atoms with Crippen LogP contribution in [0.4, 0.5) is 0 Å². The monoisotopic (exact) mass is 323 g/mol. The zero-order valence-electron chi connectivity index (χ0n) is 14.3. The first-order chi connectivity index (χ1) is 10.7. The SMILES string of the molecule is CCOC1CC(NC(=O)c2cc(C(C)C)[nH]n2)(C(=O)O)C1(C)C. The summed E-state index contributed by atoms with van der Waals surface area (Å²) in [4.78, 5) is 24.3. The van der Waals surface area contributed by atoms with Gasteiger partial charge in [-0.3, -0.25) is 9.89 Å². The van der Waals surface area contributed by atoms with Gasteiger partial charge in [0.2, 0.25) is 0 Å². The van der Waals surface area contributed by atoms with Crippen molar-refractivity contribution in [2.45, 2.75) is 58.6 Å². The minimum absolute atomic E-state index is 0.199. The summed E-state index contributed by atoms with van der Waals surface area (Å²) in [5.74, 6) is -1.33. The Morgan fingerprint density at radius 1 is 1.52 bits per heavy atom. The summed E-state index contributed by atoms with van der Waals surface area (Å²) in [5.41, 5.74) is -1.02. The lowest BCUT2D eigenvalue weighted by Gasteiger charge is -2.58. The van der Waals surface area contributed by atoms with E-state index in [1.165, 1.54) is 0 Å². The van der Waals surface area contributed by atoms with Gasteiger partial charge in [0.05, 0.1) is 6.10 Å². The number of carboxylic acids is 1. The number of H-pyrrole nitrogens is 1. The number of carbonyl (C=O) groups excluding carboxylic acids is 1. The number of carboxylic acid groups (broad SMARTS) is 1. The number of hydrogen-bond acceptors (Lipinski definition) is 4. The van der Waals surface area contributed by atoms with E-state index in [0.717, 1.165) is 5.69 Å². The molecule has 1 saturated carbocycles. The van der Waals surface area contributed by atoms with Gasteiger partial charge in [-0.1, -0.05) is 27.7 Å². The van der Waals surface area contributed by atoms with E-state index in [2.05, 4.69) is 15.5 Å². The Labute approximate surface area is 135 Å². The summed E-state index contributed by atoms with van der Waals surface area (Å²) < 4.78 is 5.58. The Morgan fingerprint density at radius 2 is 2.17 bits per heavy atom. The average molecular weight is 323 g/mol. The molecule has 0 spiro atoms. The van der Waals surface area contributed by atoms with Gasteiger partial charge in [0.15, 0.2) is 0 Å². The van der Waals surface area contributed by atoms with E-state index in [-0.39, 0.29) is 24.1 Å². The molecule has 23 heavy (non-hydrogen) atoms. The number of carbonyl (C=O) groups is 2. The Balaban J connectivity index is 2.20. The van der Waals surface area contributed by atoms with Crippen LogP contribution in [0, 0.1) is 5.41 Å². The molecule has 7 nitrogen and oxygen atoms in total. The molecule has 2 rings (SSSR count). The smallest absolute Gasteiger partial charge is 0.330 e. The molecule has 1 heterocycles. The van der Waals surface area contributed by atoms with Gasteiger partial charge in [-0.2, -0.15) is 5.10 Å². The molecule has 0 aromatic carbocycles. The number of nitrogens with zero attached hydrogens (tertiary/aromatic N) is 1. The van der Waals surface area contributed by atoms with E-state index in [1.54, 1.807) is 19.9 Å². The topological polar surface area (TPSA) is 104 Å². The highest BCUT2D eigenvalue weighted by molar-refractivity contribution is 5.97. The predicted molar refractivity (Wildman–Crippen MR) is 84.3 cm³/mol. The Kier molecular flexibility index (Phi) is 4.52. The van der Waals surface area contributed by atoms with E-state index in [1.807, 2.05) is 20.8 Å². The summed E-state index contributed by atoms with van der Waals surface area (Å²) in [6.45, 7) is 9.94. The van der Waals surface area contributed by atoms with Gasteiger partial charge < -0.3 is 15.2 Å². The summed E-state index contributed by atoms with van der Waals surface area (Å²) in [6.07, 6.45) is 0.0467. The van der Waals surface area contributed by atoms with E-state index >= 15 is 0 Å². The molecule has 0 saturated heterocycles. The molecule has 1 aliphatic rings. The first-order valence-electron chi connectivity index (χ1n) is 7.88. The normalized spacial score (nSPS) is 25.9. The largest absolute Gasteiger partial charge is 0.479 e. The molecular formula is C16H25N3O4. The van der Waals surface area contributed by atoms with Crippen molar-refractivity contribution in [2.75, 3.05) is 6.61 Å². The van der Waals surface area contributed by atoms with Crippen LogP contribution in [0.15, 0.2) is 6.07 Å². The second-order valence-corrected chi connectivity index (χ2v) is 6.90. The number of hydrogen-bond donors (Lipinski definition) is 3. The van der Waals surface area contributed by atoms with Crippen LogP contribution in [0.1, 0.15) is 63.1 Å². The number of rotatable bonds is 6. The number of aromatic amines is 1. The van der Waals surface area contributed by atoms with Crippen molar-refractivity contribution in [3.63, 3.8) is 0 Å². The molecule has 1 aliphatic carbocycles. The fourth-order valence-electron chi connectivity index (χ4n) is 3.04. The Hall–Kier alpha value is -1.89. The fraction of sp³-hybridized carbons (Fsp3) is 0.688. The molecule has 1 aromatic heterocycles. The highest BCUT2D eigenvalue weighted by atomic mass is 16.5. The third-order valence-electron chi connectivity index (χ3n) is 4.91. The first kappa shape index (κ1) is 17.5. The van der Waals surface area contributed by atoms with Crippen molar-refractivity contribution in [1.82, 2.24) is 15.5 Å². The van der Waals surface area contributed by atoms with Gasteiger partial charge in [0, 0.05) is 24.1 Å². The van der Waals surface area contributed by atoms with Crippen LogP contribution in [-0.4, -0.2) is 45.4 Å². The third-order valence-corrected chi connectivity index (χ3v) is 4.91. The molecule has 3 N–H and O–H groups in total. The maximum atomic E-state index is 12.4. The fourth-order valence-corrected chi connectivity index (χ4v) is 3.04. The van der Waals surface area contributed by atoms with Gasteiger partial charge in [-0.15, -0.1) is 0 Å². The maximum Gasteiger partial charge on any atom is 0.330 e. The molecule has 128 valence electrons. The van der Waals surface area contributed by atoms with Gasteiger partial charge in [0.1, 0.15) is 11.2 Å². The molecule has 0 aliphatic heterocycles. The van der Waals surface area contributed by atoms with Crippen molar-refractivity contribution >= 4 is 11.9 Å². The Morgan fingerprint density at radius 3 is 2.61 bits per heavy atom. The van der Waals surface area contributed by atoms with E-state index < -0.39 is 22.8 Å². The summed E-state index contributed by atoms with van der Waals surface area (Å²) in [6, 6.07) is 1.65. The molecule has 7 heteroatoms. The number of aliphatic carboxylic acids is 1. The Bertz CT molecular complexity index is 608. The van der Waals surface area contributed by atoms with Crippen molar-refractivity contribution in [3.8, 4) is 0 Å². The van der Waals surface area contributed by atoms with Crippen LogP contribution < -0.4 is 5.32 Å². The second kappa shape index (κ2) is 5.96. The third kappa shape index (κ3) is 2.73. The van der Waals surface area contributed by atoms with E-state index in [4.69, 9.17) is 4.74 Å². The van der Waals surface area contributed by atoms with Gasteiger partial charge in [-0.25, -0.2) is 4.79 Å². The summed E-state index contributed by atoms with van der Waals surface area (Å²) in [5, 5.41) is 19.2. The average Bonchev–Trinajstić information content (AvgIpc) is 2.95. The van der Waals surface area contributed by atoms with Gasteiger partial charge >= 0.3 is 5.97 Å². The lowest BCUT2D eigenvalue weighted by atomic mass is 9.54. The number of aromatic nitrogens is 2. The van der Waals surface area contributed by atoms with Crippen LogP contribution in [0.2, 0.25) is 0 Å². The van der Waals surface area contributed by atoms with Crippen LogP contribution in [0.25, 0.3) is 0 Å². The molecule has 1 fully saturated rings. The molecule has 0 bridgehead atoms.